The van der Waals surface area contributed by atoms with Crippen LogP contribution in [0.4, 0.5) is 22.7 Å². The zero-order valence-electron chi connectivity index (χ0n) is 17.8. The van der Waals surface area contributed by atoms with Gasteiger partial charge in [-0.15, -0.1) is 0 Å². The zero-order valence-corrected chi connectivity index (χ0v) is 17.8. The van der Waals surface area contributed by atoms with Crippen LogP contribution >= 0.6 is 0 Å². The summed E-state index contributed by atoms with van der Waals surface area (Å²) < 4.78 is 32.8. The SMILES string of the molecule is COc1ccc(Nc2cc3c(cc2Nc2ccc(OC)c(OC)c2OC)OCO3)cc1. The second-order valence-corrected chi connectivity index (χ2v) is 6.61. The van der Waals surface area contributed by atoms with Gasteiger partial charge < -0.3 is 39.1 Å². The molecule has 0 bridgehead atoms. The van der Waals surface area contributed by atoms with Gasteiger partial charge in [0.2, 0.25) is 12.5 Å². The molecule has 0 fully saturated rings. The van der Waals surface area contributed by atoms with Crippen molar-refractivity contribution in [2.45, 2.75) is 0 Å². The van der Waals surface area contributed by atoms with E-state index in [2.05, 4.69) is 10.6 Å². The molecule has 31 heavy (non-hydrogen) atoms. The molecule has 1 aliphatic rings. The third kappa shape index (κ3) is 4.05. The lowest BCUT2D eigenvalue weighted by atomic mass is 10.2. The molecule has 2 N–H and O–H groups in total. The maximum Gasteiger partial charge on any atom is 0.231 e. The molecule has 0 saturated heterocycles. The summed E-state index contributed by atoms with van der Waals surface area (Å²) in [4.78, 5) is 0. The Kier molecular flexibility index (Phi) is 5.79. The topological polar surface area (TPSA) is 79.4 Å². The first kappa shape index (κ1) is 20.3. The molecule has 0 spiro atoms. The highest BCUT2D eigenvalue weighted by Gasteiger charge is 2.21. The number of fused-ring (bicyclic) bond motifs is 1. The van der Waals surface area contributed by atoms with Crippen molar-refractivity contribution in [1.29, 1.82) is 0 Å². The standard InChI is InChI=1S/C23H24N2O6/c1-26-15-7-5-14(6-8-15)24-17-11-20-21(31-13-30-20)12-18(17)25-16-9-10-19(27-2)23(29-4)22(16)28-3/h5-12,24-25H,13H2,1-4H3. The van der Waals surface area contributed by atoms with E-state index in [9.17, 15) is 0 Å². The van der Waals surface area contributed by atoms with Crippen LogP contribution in [0.25, 0.3) is 0 Å². The fourth-order valence-electron chi connectivity index (χ4n) is 3.32. The van der Waals surface area contributed by atoms with Gasteiger partial charge in [-0.05, 0) is 36.4 Å². The molecular weight excluding hydrogens is 400 g/mol. The van der Waals surface area contributed by atoms with E-state index in [0.29, 0.717) is 34.4 Å². The molecule has 0 radical (unpaired) electrons. The summed E-state index contributed by atoms with van der Waals surface area (Å²) in [6.45, 7) is 0.181. The highest BCUT2D eigenvalue weighted by atomic mass is 16.7. The molecule has 0 saturated carbocycles. The minimum atomic E-state index is 0.181. The molecule has 3 aromatic carbocycles. The second kappa shape index (κ2) is 8.83. The molecule has 8 nitrogen and oxygen atoms in total. The number of ether oxygens (including phenoxy) is 6. The number of benzene rings is 3. The average molecular weight is 424 g/mol. The molecule has 3 aromatic rings. The molecular formula is C23H24N2O6. The Labute approximate surface area is 180 Å². The maximum atomic E-state index is 5.60. The van der Waals surface area contributed by atoms with Gasteiger partial charge in [-0.3, -0.25) is 0 Å². The van der Waals surface area contributed by atoms with E-state index in [1.807, 2.05) is 48.5 Å². The number of rotatable bonds is 8. The predicted octanol–water partition coefficient (Wildman–Crippen LogP) is 4.94. The smallest absolute Gasteiger partial charge is 0.231 e. The number of methoxy groups -OCH3 is 4. The van der Waals surface area contributed by atoms with Gasteiger partial charge in [0.05, 0.1) is 45.5 Å². The maximum absolute atomic E-state index is 5.60. The predicted molar refractivity (Wildman–Crippen MR) is 118 cm³/mol. The van der Waals surface area contributed by atoms with Gasteiger partial charge in [-0.25, -0.2) is 0 Å². The first-order chi connectivity index (χ1) is 15.2. The number of hydrogen-bond donors (Lipinski definition) is 2. The normalized spacial score (nSPS) is 11.6. The molecule has 0 aliphatic carbocycles. The zero-order chi connectivity index (χ0) is 21.8. The Morgan fingerprint density at radius 1 is 0.645 bits per heavy atom. The average Bonchev–Trinajstić information content (AvgIpc) is 3.26. The Morgan fingerprint density at radius 2 is 1.29 bits per heavy atom. The first-order valence-electron chi connectivity index (χ1n) is 9.57. The van der Waals surface area contributed by atoms with Gasteiger partial charge in [0.15, 0.2) is 23.0 Å². The van der Waals surface area contributed by atoms with Gasteiger partial charge in [0.1, 0.15) is 5.75 Å². The summed E-state index contributed by atoms with van der Waals surface area (Å²) in [5.41, 5.74) is 3.16. The van der Waals surface area contributed by atoms with Crippen molar-refractivity contribution in [2.75, 3.05) is 45.9 Å². The molecule has 0 atom stereocenters. The van der Waals surface area contributed by atoms with Crippen molar-refractivity contribution in [3.63, 3.8) is 0 Å². The molecule has 162 valence electrons. The Morgan fingerprint density at radius 3 is 1.87 bits per heavy atom. The van der Waals surface area contributed by atoms with Crippen LogP contribution in [0.5, 0.6) is 34.5 Å². The summed E-state index contributed by atoms with van der Waals surface area (Å²) in [6.07, 6.45) is 0. The van der Waals surface area contributed by atoms with Gasteiger partial charge in [-0.1, -0.05) is 0 Å². The Bertz CT molecular complexity index is 1070. The van der Waals surface area contributed by atoms with E-state index < -0.39 is 0 Å². The van der Waals surface area contributed by atoms with Crippen LogP contribution in [-0.4, -0.2) is 35.2 Å². The monoisotopic (exact) mass is 424 g/mol. The minimum Gasteiger partial charge on any atom is -0.497 e. The highest BCUT2D eigenvalue weighted by molar-refractivity contribution is 5.84. The molecule has 4 rings (SSSR count). The van der Waals surface area contributed by atoms with Crippen LogP contribution in [0, 0.1) is 0 Å². The van der Waals surface area contributed by atoms with Gasteiger partial charge in [0, 0.05) is 17.8 Å². The lowest BCUT2D eigenvalue weighted by molar-refractivity contribution is 0.174. The van der Waals surface area contributed by atoms with E-state index in [-0.39, 0.29) is 6.79 Å². The van der Waals surface area contributed by atoms with E-state index >= 15 is 0 Å². The third-order valence-electron chi connectivity index (χ3n) is 4.86. The van der Waals surface area contributed by atoms with E-state index in [1.165, 1.54) is 0 Å². The molecule has 8 heteroatoms. The van der Waals surface area contributed by atoms with E-state index in [0.717, 1.165) is 22.8 Å². The lowest BCUT2D eigenvalue weighted by Crippen LogP contribution is -2.02. The summed E-state index contributed by atoms with van der Waals surface area (Å²) in [7, 11) is 6.37. The fourth-order valence-corrected chi connectivity index (χ4v) is 3.32. The second-order valence-electron chi connectivity index (χ2n) is 6.61. The molecule has 1 heterocycles. The number of nitrogens with one attached hydrogen (secondary N) is 2. The Balaban J connectivity index is 1.72. The summed E-state index contributed by atoms with van der Waals surface area (Å²) >= 11 is 0. The van der Waals surface area contributed by atoms with Crippen molar-refractivity contribution < 1.29 is 28.4 Å². The summed E-state index contributed by atoms with van der Waals surface area (Å²) in [5.74, 6) is 3.70. The van der Waals surface area contributed by atoms with E-state index in [4.69, 9.17) is 28.4 Å². The van der Waals surface area contributed by atoms with Crippen LogP contribution < -0.4 is 39.1 Å². The minimum absolute atomic E-state index is 0.181. The molecule has 1 aliphatic heterocycles. The van der Waals surface area contributed by atoms with Crippen LogP contribution in [0.1, 0.15) is 0 Å². The van der Waals surface area contributed by atoms with Crippen molar-refractivity contribution in [2.24, 2.45) is 0 Å². The van der Waals surface area contributed by atoms with Crippen molar-refractivity contribution >= 4 is 22.7 Å². The molecule has 0 unspecified atom stereocenters. The van der Waals surface area contributed by atoms with Crippen molar-refractivity contribution in [3.05, 3.63) is 48.5 Å². The third-order valence-corrected chi connectivity index (χ3v) is 4.86. The number of anilines is 4. The Hall–Kier alpha value is -3.94. The van der Waals surface area contributed by atoms with Gasteiger partial charge in [0.25, 0.3) is 0 Å². The molecule has 0 aromatic heterocycles. The van der Waals surface area contributed by atoms with Crippen LogP contribution in [0.15, 0.2) is 48.5 Å². The molecule has 0 amide bonds. The highest BCUT2D eigenvalue weighted by Crippen LogP contribution is 2.46. The quantitative estimate of drug-likeness (QED) is 0.527. The van der Waals surface area contributed by atoms with Crippen LogP contribution in [0.2, 0.25) is 0 Å². The van der Waals surface area contributed by atoms with Crippen LogP contribution in [0.3, 0.4) is 0 Å². The summed E-state index contributed by atoms with van der Waals surface area (Å²) in [5, 5.41) is 6.82. The van der Waals surface area contributed by atoms with Crippen LogP contribution in [-0.2, 0) is 0 Å². The fraction of sp³-hybridized carbons (Fsp3) is 0.217. The van der Waals surface area contributed by atoms with E-state index in [1.54, 1.807) is 28.4 Å². The number of hydrogen-bond acceptors (Lipinski definition) is 8. The van der Waals surface area contributed by atoms with Gasteiger partial charge in [-0.2, -0.15) is 0 Å². The van der Waals surface area contributed by atoms with Crippen molar-refractivity contribution in [3.8, 4) is 34.5 Å². The van der Waals surface area contributed by atoms with Gasteiger partial charge >= 0.3 is 0 Å². The largest absolute Gasteiger partial charge is 0.497 e. The first-order valence-corrected chi connectivity index (χ1v) is 9.57. The summed E-state index contributed by atoms with van der Waals surface area (Å²) in [6, 6.07) is 15.1. The van der Waals surface area contributed by atoms with Crippen molar-refractivity contribution in [1.82, 2.24) is 0 Å². The lowest BCUT2D eigenvalue weighted by Gasteiger charge is -2.19.